The Morgan fingerprint density at radius 1 is 1.17 bits per heavy atom. The van der Waals surface area contributed by atoms with Crippen molar-refractivity contribution >= 4 is 33.5 Å². The van der Waals surface area contributed by atoms with Gasteiger partial charge in [0.05, 0.1) is 5.02 Å². The second kappa shape index (κ2) is 5.26. The first-order chi connectivity index (χ1) is 11.0. The molecule has 0 bridgehead atoms. The molecular formula is C18H21ClN2O2. The fourth-order valence-corrected chi connectivity index (χ4v) is 4.22. The van der Waals surface area contributed by atoms with E-state index in [0.29, 0.717) is 17.5 Å². The Balaban J connectivity index is 2.04. The molecule has 5 heteroatoms. The molecule has 4 rings (SSSR count). The maximum absolute atomic E-state index is 6.58. The number of halogens is 1. The molecule has 2 atom stereocenters. The maximum Gasteiger partial charge on any atom is 0.154 e. The summed E-state index contributed by atoms with van der Waals surface area (Å²) in [7, 11) is 2.15. The van der Waals surface area contributed by atoms with Crippen molar-refractivity contribution < 1.29 is 8.83 Å². The van der Waals surface area contributed by atoms with Gasteiger partial charge in [0, 0.05) is 28.9 Å². The summed E-state index contributed by atoms with van der Waals surface area (Å²) in [5.74, 6) is 2.24. The molecule has 0 saturated carbocycles. The lowest BCUT2D eigenvalue weighted by Gasteiger charge is -2.21. The van der Waals surface area contributed by atoms with Crippen molar-refractivity contribution in [3.8, 4) is 0 Å². The van der Waals surface area contributed by atoms with E-state index in [1.54, 1.807) is 0 Å². The van der Waals surface area contributed by atoms with Gasteiger partial charge in [-0.25, -0.2) is 0 Å². The fraction of sp³-hybridized carbons (Fsp3) is 0.444. The third-order valence-electron chi connectivity index (χ3n) is 4.98. The minimum Gasteiger partial charge on any atom is -0.461 e. The highest BCUT2D eigenvalue weighted by molar-refractivity contribution is 6.40. The van der Waals surface area contributed by atoms with Crippen LogP contribution in [0.2, 0.25) is 5.02 Å². The average molecular weight is 333 g/mol. The molecule has 1 fully saturated rings. The standard InChI is InChI=1S/C18H21ClN2O2/c1-9-4-12-15(14-6-11(7-20)8-21(14)3)17-13(5-10(2)22-17)16(19)18(12)23-9/h4-5,11,14H,6-8,20H2,1-3H3. The first-order valence-electron chi connectivity index (χ1n) is 8.01. The van der Waals surface area contributed by atoms with Crippen LogP contribution in [-0.2, 0) is 0 Å². The SMILES string of the molecule is Cc1cc2c(C3CC(CN)CN3C)c3oc(C)cc3c(Cl)c2o1. The molecule has 2 aromatic heterocycles. The van der Waals surface area contributed by atoms with Gasteiger partial charge < -0.3 is 14.6 Å². The minimum absolute atomic E-state index is 0.272. The number of hydrogen-bond acceptors (Lipinski definition) is 4. The van der Waals surface area contributed by atoms with Gasteiger partial charge in [-0.2, -0.15) is 0 Å². The van der Waals surface area contributed by atoms with E-state index in [4.69, 9.17) is 26.2 Å². The molecule has 1 saturated heterocycles. The van der Waals surface area contributed by atoms with Crippen molar-refractivity contribution in [2.24, 2.45) is 11.7 Å². The van der Waals surface area contributed by atoms with Crippen LogP contribution in [0, 0.1) is 19.8 Å². The number of nitrogens with two attached hydrogens (primary N) is 1. The quantitative estimate of drug-likeness (QED) is 0.755. The number of rotatable bonds is 2. The smallest absolute Gasteiger partial charge is 0.154 e. The van der Waals surface area contributed by atoms with Crippen LogP contribution < -0.4 is 5.73 Å². The van der Waals surface area contributed by atoms with Crippen LogP contribution in [0.1, 0.15) is 29.5 Å². The Hall–Kier alpha value is -1.49. The van der Waals surface area contributed by atoms with Gasteiger partial charge in [-0.15, -0.1) is 0 Å². The summed E-state index contributed by atoms with van der Waals surface area (Å²) in [5, 5.41) is 2.63. The molecule has 1 aliphatic rings. The van der Waals surface area contributed by atoms with Crippen molar-refractivity contribution in [2.75, 3.05) is 20.1 Å². The zero-order valence-corrected chi connectivity index (χ0v) is 14.4. The third-order valence-corrected chi connectivity index (χ3v) is 5.36. The summed E-state index contributed by atoms with van der Waals surface area (Å²) in [5.41, 5.74) is 8.73. The van der Waals surface area contributed by atoms with Gasteiger partial charge >= 0.3 is 0 Å². The summed E-state index contributed by atoms with van der Waals surface area (Å²) >= 11 is 6.58. The van der Waals surface area contributed by atoms with Gasteiger partial charge in [-0.1, -0.05) is 11.6 Å². The van der Waals surface area contributed by atoms with E-state index in [-0.39, 0.29) is 6.04 Å². The molecule has 0 spiro atoms. The second-order valence-corrected chi connectivity index (χ2v) is 7.10. The van der Waals surface area contributed by atoms with Crippen molar-refractivity contribution in [2.45, 2.75) is 26.3 Å². The number of nitrogens with zero attached hydrogens (tertiary/aromatic N) is 1. The summed E-state index contributed by atoms with van der Waals surface area (Å²) < 4.78 is 11.9. The zero-order chi connectivity index (χ0) is 16.3. The molecule has 2 unspecified atom stereocenters. The molecular weight excluding hydrogens is 312 g/mol. The summed E-state index contributed by atoms with van der Waals surface area (Å²) in [6.45, 7) is 5.62. The summed E-state index contributed by atoms with van der Waals surface area (Å²) in [6, 6.07) is 4.33. The van der Waals surface area contributed by atoms with Crippen LogP contribution in [0.3, 0.4) is 0 Å². The van der Waals surface area contributed by atoms with Gasteiger partial charge in [-0.3, -0.25) is 4.90 Å². The number of furan rings is 2. The lowest BCUT2D eigenvalue weighted by molar-refractivity contribution is 0.314. The van der Waals surface area contributed by atoms with Crippen LogP contribution in [0.4, 0.5) is 0 Å². The van der Waals surface area contributed by atoms with Gasteiger partial charge in [0.2, 0.25) is 0 Å². The molecule has 0 amide bonds. The molecule has 1 aliphatic heterocycles. The maximum atomic E-state index is 6.58. The second-order valence-electron chi connectivity index (χ2n) is 6.72. The van der Waals surface area contributed by atoms with Crippen LogP contribution in [-0.4, -0.2) is 25.0 Å². The average Bonchev–Trinajstić information content (AvgIpc) is 3.17. The van der Waals surface area contributed by atoms with E-state index in [1.165, 1.54) is 5.56 Å². The minimum atomic E-state index is 0.272. The monoisotopic (exact) mass is 332 g/mol. The number of fused-ring (bicyclic) bond motifs is 2. The molecule has 3 heterocycles. The number of likely N-dealkylation sites (tertiary alicyclic amines) is 1. The van der Waals surface area contributed by atoms with E-state index in [2.05, 4.69) is 18.0 Å². The number of hydrogen-bond donors (Lipinski definition) is 1. The van der Waals surface area contributed by atoms with Crippen molar-refractivity contribution in [1.29, 1.82) is 0 Å². The lowest BCUT2D eigenvalue weighted by atomic mass is 9.95. The molecule has 3 aromatic rings. The largest absolute Gasteiger partial charge is 0.461 e. The Kier molecular flexibility index (Phi) is 3.45. The third kappa shape index (κ3) is 2.20. The summed E-state index contributed by atoms with van der Waals surface area (Å²) in [4.78, 5) is 2.36. The first-order valence-corrected chi connectivity index (χ1v) is 8.39. The van der Waals surface area contributed by atoms with Crippen molar-refractivity contribution in [3.63, 3.8) is 0 Å². The molecule has 4 nitrogen and oxygen atoms in total. The van der Waals surface area contributed by atoms with E-state index in [9.17, 15) is 0 Å². The predicted molar refractivity (Wildman–Crippen MR) is 93.0 cm³/mol. The topological polar surface area (TPSA) is 55.5 Å². The van der Waals surface area contributed by atoms with Crippen LogP contribution in [0.15, 0.2) is 21.0 Å². The van der Waals surface area contributed by atoms with Crippen molar-refractivity contribution in [1.82, 2.24) is 4.90 Å². The molecule has 23 heavy (non-hydrogen) atoms. The van der Waals surface area contributed by atoms with Crippen molar-refractivity contribution in [3.05, 3.63) is 34.2 Å². The van der Waals surface area contributed by atoms with Crippen LogP contribution >= 0.6 is 11.6 Å². The Bertz CT molecular complexity index is 838. The Morgan fingerprint density at radius 2 is 1.83 bits per heavy atom. The first kappa shape index (κ1) is 15.1. The highest BCUT2D eigenvalue weighted by Gasteiger charge is 2.34. The van der Waals surface area contributed by atoms with Crippen LogP contribution in [0.5, 0.6) is 0 Å². The lowest BCUT2D eigenvalue weighted by Crippen LogP contribution is -2.20. The Labute approximate surface area is 140 Å². The molecule has 0 radical (unpaired) electrons. The summed E-state index contributed by atoms with van der Waals surface area (Å²) in [6.07, 6.45) is 1.03. The van der Waals surface area contributed by atoms with Gasteiger partial charge in [0.15, 0.2) is 5.58 Å². The molecule has 122 valence electrons. The van der Waals surface area contributed by atoms with E-state index in [0.717, 1.165) is 46.4 Å². The number of benzene rings is 1. The van der Waals surface area contributed by atoms with Gasteiger partial charge in [-0.05, 0) is 51.9 Å². The highest BCUT2D eigenvalue weighted by atomic mass is 35.5. The normalized spacial score (nSPS) is 22.7. The van der Waals surface area contributed by atoms with Gasteiger partial charge in [0.25, 0.3) is 0 Å². The number of aryl methyl sites for hydroxylation is 2. The van der Waals surface area contributed by atoms with Gasteiger partial charge in [0.1, 0.15) is 17.1 Å². The fourth-order valence-electron chi connectivity index (χ4n) is 3.94. The van der Waals surface area contributed by atoms with E-state index >= 15 is 0 Å². The zero-order valence-electron chi connectivity index (χ0n) is 13.6. The van der Waals surface area contributed by atoms with Crippen LogP contribution in [0.25, 0.3) is 21.9 Å². The molecule has 1 aromatic carbocycles. The van der Waals surface area contributed by atoms with E-state index in [1.807, 2.05) is 19.9 Å². The van der Waals surface area contributed by atoms with E-state index < -0.39 is 0 Å². The predicted octanol–water partition coefficient (Wildman–Crippen LogP) is 4.40. The molecule has 0 aliphatic carbocycles. The highest BCUT2D eigenvalue weighted by Crippen LogP contribution is 2.46. The Morgan fingerprint density at radius 3 is 2.48 bits per heavy atom. The molecule has 2 N–H and O–H groups in total.